The molecule has 534 valence electrons. The summed E-state index contributed by atoms with van der Waals surface area (Å²) in [6.45, 7) is 1.71. The van der Waals surface area contributed by atoms with Crippen LogP contribution in [-0.2, 0) is 33.2 Å². The van der Waals surface area contributed by atoms with Crippen molar-refractivity contribution in [2.45, 2.75) is 388 Å². The van der Waals surface area contributed by atoms with Crippen LogP contribution in [0.15, 0.2) is 36.5 Å². The molecule has 3 saturated heterocycles. The number of carbonyl (C=O) groups excluding carboxylic acids is 1. The van der Waals surface area contributed by atoms with Gasteiger partial charge in [-0.05, 0) is 44.9 Å². The monoisotopic (exact) mass is 1300 g/mol. The summed E-state index contributed by atoms with van der Waals surface area (Å²) in [6.07, 6.45) is 36.6. The predicted octanol–water partition coefficient (Wildman–Crippen LogP) is 10.4. The van der Waals surface area contributed by atoms with Gasteiger partial charge in [0.2, 0.25) is 5.91 Å². The summed E-state index contributed by atoms with van der Waals surface area (Å²) < 4.78 is 34.4. The molecule has 0 aromatic heterocycles. The van der Waals surface area contributed by atoms with E-state index in [-0.39, 0.29) is 18.9 Å². The summed E-state index contributed by atoms with van der Waals surface area (Å²) in [5.41, 5.74) is 0. The zero-order valence-corrected chi connectivity index (χ0v) is 56.6. The Hall–Kier alpha value is -1.99. The maximum Gasteiger partial charge on any atom is 0.220 e. The number of amides is 1. The van der Waals surface area contributed by atoms with Crippen molar-refractivity contribution >= 4 is 5.91 Å². The van der Waals surface area contributed by atoms with Crippen LogP contribution in [0, 0.1) is 0 Å². The van der Waals surface area contributed by atoms with Crippen LogP contribution in [0.4, 0.5) is 0 Å². The van der Waals surface area contributed by atoms with E-state index in [1.165, 1.54) is 161 Å². The van der Waals surface area contributed by atoms with Crippen LogP contribution >= 0.6 is 0 Å². The van der Waals surface area contributed by atoms with Crippen LogP contribution in [0.3, 0.4) is 0 Å². The highest BCUT2D eigenvalue weighted by Crippen LogP contribution is 2.33. The quantitative estimate of drug-likeness (QED) is 0.0199. The average Bonchev–Trinajstić information content (AvgIpc) is 0.885. The number of aliphatic hydroxyl groups excluding tert-OH is 11. The molecule has 0 bridgehead atoms. The molecule has 0 aliphatic carbocycles. The SMILES string of the molecule is CC/C=C\C/C=C\C/C=C\CCCCCCCCCC(=O)NC(COC1OC(CO)C(OC2OC(CO)C(OC3OC(CO)C(O)C(O)C3O)C(O)C2O)C(O)C1O)C(O)CCCCCCCCCCCCCCCCCCCCCCCCCCCCCCC. The minimum Gasteiger partial charge on any atom is -0.394 e. The van der Waals surface area contributed by atoms with Crippen molar-refractivity contribution in [2.24, 2.45) is 0 Å². The smallest absolute Gasteiger partial charge is 0.220 e. The molecule has 3 aliphatic rings. The molecule has 0 aromatic carbocycles. The highest BCUT2D eigenvalue weighted by Gasteiger charge is 2.53. The summed E-state index contributed by atoms with van der Waals surface area (Å²) in [4.78, 5) is 13.4. The molecule has 3 heterocycles. The molecule has 0 radical (unpaired) electrons. The summed E-state index contributed by atoms with van der Waals surface area (Å²) in [6, 6.07) is -0.894. The van der Waals surface area contributed by atoms with E-state index in [2.05, 4.69) is 55.6 Å². The van der Waals surface area contributed by atoms with Gasteiger partial charge in [-0.2, -0.15) is 0 Å². The van der Waals surface area contributed by atoms with Gasteiger partial charge < -0.3 is 89.9 Å². The van der Waals surface area contributed by atoms with Crippen LogP contribution in [0.1, 0.15) is 284 Å². The molecule has 17 atom stereocenters. The Morgan fingerprint density at radius 3 is 1.19 bits per heavy atom. The van der Waals surface area contributed by atoms with Gasteiger partial charge in [-0.3, -0.25) is 4.79 Å². The first kappa shape index (κ1) is 83.2. The van der Waals surface area contributed by atoms with E-state index in [0.717, 1.165) is 89.9 Å². The number of carbonyl (C=O) groups is 1. The lowest BCUT2D eigenvalue weighted by Crippen LogP contribution is -2.66. The second-order valence-corrected chi connectivity index (χ2v) is 26.4. The molecule has 3 aliphatic heterocycles. The molecule has 91 heavy (non-hydrogen) atoms. The van der Waals surface area contributed by atoms with Crippen LogP contribution in [0.5, 0.6) is 0 Å². The van der Waals surface area contributed by atoms with Crippen molar-refractivity contribution in [3.8, 4) is 0 Å². The zero-order chi connectivity index (χ0) is 66.1. The summed E-state index contributed by atoms with van der Waals surface area (Å²) in [5, 5.41) is 121. The lowest BCUT2D eigenvalue weighted by molar-refractivity contribution is -0.379. The normalized spacial score (nSPS) is 28.0. The van der Waals surface area contributed by atoms with Crippen LogP contribution < -0.4 is 5.32 Å². The molecule has 17 unspecified atom stereocenters. The van der Waals surface area contributed by atoms with E-state index < -0.39 is 124 Å². The fourth-order valence-electron chi connectivity index (χ4n) is 12.6. The maximum absolute atomic E-state index is 13.4. The molecule has 0 spiro atoms. The van der Waals surface area contributed by atoms with E-state index >= 15 is 0 Å². The molecule has 3 fully saturated rings. The van der Waals surface area contributed by atoms with Crippen molar-refractivity contribution < 1.29 is 89.4 Å². The van der Waals surface area contributed by atoms with Gasteiger partial charge in [0.25, 0.3) is 0 Å². The number of hydrogen-bond donors (Lipinski definition) is 12. The number of rotatable bonds is 57. The largest absolute Gasteiger partial charge is 0.394 e. The number of unbranched alkanes of at least 4 members (excludes halogenated alkanes) is 35. The molecular weight excluding hydrogens is 1170 g/mol. The van der Waals surface area contributed by atoms with Gasteiger partial charge in [0.05, 0.1) is 38.6 Å². The number of allylic oxidation sites excluding steroid dienone is 6. The predicted molar refractivity (Wildman–Crippen MR) is 356 cm³/mol. The first-order chi connectivity index (χ1) is 44.3. The topological polar surface area (TPSA) is 307 Å². The van der Waals surface area contributed by atoms with Gasteiger partial charge in [0, 0.05) is 6.42 Å². The van der Waals surface area contributed by atoms with Gasteiger partial charge in [0.15, 0.2) is 18.9 Å². The van der Waals surface area contributed by atoms with Crippen molar-refractivity contribution in [3.63, 3.8) is 0 Å². The molecule has 19 heteroatoms. The standard InChI is InChI=1S/C72H133NO18/c1-3-5-7-9-11-13-15-17-19-21-22-23-24-25-26-27-28-29-30-31-32-34-35-37-39-41-43-45-47-49-56(77)55(73-60(78)50-48-46-44-42-40-38-36-33-20-18-16-14-12-10-8-6-4-2)54-86-70-66(84)63(81)68(58(52-75)88-70)91-72-67(85)64(82)69(59(53-76)89-72)90-71-65(83)62(80)61(79)57(51-74)87-71/h6,8,12,14,18,20,55-59,61-72,74-77,79-85H,3-5,7,9-11,13,15-17,19,21-54H2,1-2H3,(H,73,78)/b8-6-,14-12-,20-18-. The summed E-state index contributed by atoms with van der Waals surface area (Å²) >= 11 is 0. The third-order valence-electron chi connectivity index (χ3n) is 18.5. The molecule has 19 nitrogen and oxygen atoms in total. The van der Waals surface area contributed by atoms with Crippen LogP contribution in [0.25, 0.3) is 0 Å². The van der Waals surface area contributed by atoms with Crippen molar-refractivity contribution in [3.05, 3.63) is 36.5 Å². The van der Waals surface area contributed by atoms with Gasteiger partial charge in [0.1, 0.15) is 73.2 Å². The number of nitrogens with one attached hydrogen (secondary N) is 1. The van der Waals surface area contributed by atoms with E-state index in [4.69, 9.17) is 28.4 Å². The Balaban J connectivity index is 1.39. The second kappa shape index (κ2) is 54.1. The lowest BCUT2D eigenvalue weighted by Gasteiger charge is -2.48. The third kappa shape index (κ3) is 35.7. The Morgan fingerprint density at radius 1 is 0.407 bits per heavy atom. The highest BCUT2D eigenvalue weighted by atomic mass is 16.8. The minimum absolute atomic E-state index is 0.251. The summed E-state index contributed by atoms with van der Waals surface area (Å²) in [7, 11) is 0. The Kier molecular flexibility index (Phi) is 49.5. The molecule has 12 N–H and O–H groups in total. The first-order valence-corrected chi connectivity index (χ1v) is 36.7. The van der Waals surface area contributed by atoms with E-state index in [0.29, 0.717) is 12.8 Å². The van der Waals surface area contributed by atoms with Gasteiger partial charge in [-0.15, -0.1) is 0 Å². The molecule has 1 amide bonds. The van der Waals surface area contributed by atoms with E-state index in [1.54, 1.807) is 0 Å². The van der Waals surface area contributed by atoms with E-state index in [9.17, 15) is 61.0 Å². The number of ether oxygens (including phenoxy) is 6. The number of hydrogen-bond acceptors (Lipinski definition) is 18. The van der Waals surface area contributed by atoms with Crippen LogP contribution in [0.2, 0.25) is 0 Å². The van der Waals surface area contributed by atoms with Crippen molar-refractivity contribution in [1.29, 1.82) is 0 Å². The fourth-order valence-corrected chi connectivity index (χ4v) is 12.6. The Bertz CT molecular complexity index is 1790. The van der Waals surface area contributed by atoms with Crippen LogP contribution in [-0.4, -0.2) is 193 Å². The van der Waals surface area contributed by atoms with Gasteiger partial charge in [-0.1, -0.05) is 269 Å². The molecule has 0 saturated carbocycles. The molecular formula is C72H133NO18. The van der Waals surface area contributed by atoms with Gasteiger partial charge in [-0.25, -0.2) is 0 Å². The first-order valence-electron chi connectivity index (χ1n) is 36.7. The fraction of sp³-hybridized carbons (Fsp3) is 0.903. The summed E-state index contributed by atoms with van der Waals surface area (Å²) in [5.74, 6) is -0.251. The zero-order valence-electron chi connectivity index (χ0n) is 56.6. The van der Waals surface area contributed by atoms with Crippen molar-refractivity contribution in [2.75, 3.05) is 26.4 Å². The molecule has 3 rings (SSSR count). The molecule has 0 aromatic rings. The Labute approximate surface area is 549 Å². The van der Waals surface area contributed by atoms with Crippen molar-refractivity contribution in [1.82, 2.24) is 5.32 Å². The third-order valence-corrected chi connectivity index (χ3v) is 18.5. The second-order valence-electron chi connectivity index (χ2n) is 26.4. The van der Waals surface area contributed by atoms with Gasteiger partial charge >= 0.3 is 0 Å². The minimum atomic E-state index is -1.97. The Morgan fingerprint density at radius 2 is 0.758 bits per heavy atom. The maximum atomic E-state index is 13.4. The highest BCUT2D eigenvalue weighted by molar-refractivity contribution is 5.76. The number of aliphatic hydroxyl groups is 11. The lowest BCUT2D eigenvalue weighted by atomic mass is 9.96. The average molecular weight is 1300 g/mol. The van der Waals surface area contributed by atoms with E-state index in [1.807, 2.05) is 0 Å².